The van der Waals surface area contributed by atoms with Gasteiger partial charge in [0, 0.05) is 27.6 Å². The third-order valence-corrected chi connectivity index (χ3v) is 5.46. The Balaban J connectivity index is 1.51. The maximum absolute atomic E-state index is 12.2. The molecule has 1 heterocycles. The summed E-state index contributed by atoms with van der Waals surface area (Å²) < 4.78 is 5.35. The van der Waals surface area contributed by atoms with E-state index in [1.54, 1.807) is 24.3 Å². The number of benzene rings is 2. The third-order valence-electron chi connectivity index (χ3n) is 4.71. The molecule has 0 atom stereocenters. The summed E-state index contributed by atoms with van der Waals surface area (Å²) in [4.78, 5) is 41.0. The molecule has 1 aromatic heterocycles. The van der Waals surface area contributed by atoms with Crippen LogP contribution in [0.1, 0.15) is 38.1 Å². The van der Waals surface area contributed by atoms with Crippen LogP contribution in [0.3, 0.4) is 0 Å². The average molecular weight is 481 g/mol. The molecular weight excluding hydrogens is 452 g/mol. The number of carbonyl (C=O) groups excluding carboxylic acids is 3. The van der Waals surface area contributed by atoms with Crippen LogP contribution in [0.2, 0.25) is 0 Å². The smallest absolute Gasteiger partial charge is 0.251 e. The average Bonchev–Trinajstić information content (AvgIpc) is 3.26. The van der Waals surface area contributed by atoms with Gasteiger partial charge in [0.25, 0.3) is 5.91 Å². The molecule has 178 valence electrons. The lowest BCUT2D eigenvalue weighted by Gasteiger charge is -2.17. The van der Waals surface area contributed by atoms with Crippen molar-refractivity contribution in [2.45, 2.75) is 27.7 Å². The van der Waals surface area contributed by atoms with Crippen LogP contribution in [-0.2, 0) is 9.59 Å². The number of nitrogens with one attached hydrogen (secondary N) is 3. The lowest BCUT2D eigenvalue weighted by molar-refractivity contribution is -0.123. The van der Waals surface area contributed by atoms with Gasteiger partial charge in [0.2, 0.25) is 11.8 Å². The molecule has 9 heteroatoms. The molecule has 0 radical (unpaired) electrons. The van der Waals surface area contributed by atoms with Crippen LogP contribution in [0.25, 0.3) is 11.3 Å². The molecule has 8 nitrogen and oxygen atoms in total. The minimum Gasteiger partial charge on any atom is -0.494 e. The lowest BCUT2D eigenvalue weighted by atomic mass is 9.95. The molecule has 3 aromatic rings. The molecule has 0 saturated carbocycles. The van der Waals surface area contributed by atoms with Crippen molar-refractivity contribution < 1.29 is 19.1 Å². The Morgan fingerprint density at radius 3 is 2.26 bits per heavy atom. The molecule has 2 aromatic carbocycles. The second-order valence-corrected chi connectivity index (χ2v) is 9.37. The van der Waals surface area contributed by atoms with E-state index in [0.717, 1.165) is 5.56 Å². The maximum Gasteiger partial charge on any atom is 0.251 e. The van der Waals surface area contributed by atoms with Crippen molar-refractivity contribution in [3.8, 4) is 17.0 Å². The van der Waals surface area contributed by atoms with Crippen molar-refractivity contribution in [1.82, 2.24) is 10.3 Å². The van der Waals surface area contributed by atoms with Crippen LogP contribution in [0.4, 0.5) is 10.8 Å². The summed E-state index contributed by atoms with van der Waals surface area (Å²) in [6.45, 7) is 7.82. The Morgan fingerprint density at radius 1 is 0.971 bits per heavy atom. The highest BCUT2D eigenvalue weighted by Crippen LogP contribution is 2.26. The fraction of sp³-hybridized carbons (Fsp3) is 0.280. The first-order valence-electron chi connectivity index (χ1n) is 10.8. The Morgan fingerprint density at radius 2 is 1.65 bits per heavy atom. The molecule has 0 unspecified atom stereocenters. The summed E-state index contributed by atoms with van der Waals surface area (Å²) >= 11 is 1.29. The van der Waals surface area contributed by atoms with Crippen LogP contribution in [0.15, 0.2) is 53.9 Å². The normalized spacial score (nSPS) is 10.9. The summed E-state index contributed by atoms with van der Waals surface area (Å²) in [5.41, 5.74) is 2.22. The molecule has 0 bridgehead atoms. The zero-order valence-electron chi connectivity index (χ0n) is 19.6. The van der Waals surface area contributed by atoms with E-state index in [1.165, 1.54) is 11.3 Å². The van der Waals surface area contributed by atoms with Crippen molar-refractivity contribution in [2.24, 2.45) is 5.41 Å². The molecule has 3 rings (SSSR count). The van der Waals surface area contributed by atoms with Crippen molar-refractivity contribution in [1.29, 1.82) is 0 Å². The second kappa shape index (κ2) is 10.9. The van der Waals surface area contributed by atoms with E-state index >= 15 is 0 Å². The van der Waals surface area contributed by atoms with Crippen molar-refractivity contribution >= 4 is 39.9 Å². The predicted molar refractivity (Wildman–Crippen MR) is 134 cm³/mol. The fourth-order valence-electron chi connectivity index (χ4n) is 2.80. The molecule has 0 fully saturated rings. The first-order valence-corrected chi connectivity index (χ1v) is 11.7. The number of carbonyl (C=O) groups is 3. The summed E-state index contributed by atoms with van der Waals surface area (Å²) in [7, 11) is 0. The van der Waals surface area contributed by atoms with Crippen LogP contribution in [-0.4, -0.2) is 35.9 Å². The summed E-state index contributed by atoms with van der Waals surface area (Å²) in [5, 5.41) is 10.4. The summed E-state index contributed by atoms with van der Waals surface area (Å²) in [6, 6.07) is 14.0. The van der Waals surface area contributed by atoms with Gasteiger partial charge >= 0.3 is 0 Å². The highest BCUT2D eigenvalue weighted by atomic mass is 32.1. The van der Waals surface area contributed by atoms with E-state index in [2.05, 4.69) is 20.9 Å². The molecule has 3 N–H and O–H groups in total. The number of hydrogen-bond acceptors (Lipinski definition) is 6. The predicted octanol–water partition coefficient (Wildman–Crippen LogP) is 4.56. The number of nitrogens with zero attached hydrogens (tertiary/aromatic N) is 1. The van der Waals surface area contributed by atoms with Gasteiger partial charge in [0.05, 0.1) is 18.8 Å². The number of rotatable bonds is 8. The molecule has 0 aliphatic heterocycles. The number of amides is 3. The topological polar surface area (TPSA) is 109 Å². The quantitative estimate of drug-likeness (QED) is 0.438. The van der Waals surface area contributed by atoms with E-state index in [-0.39, 0.29) is 24.3 Å². The first kappa shape index (κ1) is 24.9. The van der Waals surface area contributed by atoms with Crippen molar-refractivity contribution in [3.05, 3.63) is 59.5 Å². The van der Waals surface area contributed by atoms with E-state index in [1.807, 2.05) is 57.3 Å². The van der Waals surface area contributed by atoms with Crippen LogP contribution in [0.5, 0.6) is 5.75 Å². The van der Waals surface area contributed by atoms with Gasteiger partial charge in [-0.25, -0.2) is 4.98 Å². The monoisotopic (exact) mass is 480 g/mol. The van der Waals surface area contributed by atoms with Gasteiger partial charge in [-0.05, 0) is 43.3 Å². The minimum atomic E-state index is -0.478. The molecule has 3 amide bonds. The SMILES string of the molecule is CCOc1ccc(C(=O)NCC(=O)Nc2nc(-c3ccc(NC(=O)C(C)(C)C)cc3)cs2)cc1. The Hall–Kier alpha value is -3.72. The van der Waals surface area contributed by atoms with Crippen LogP contribution >= 0.6 is 11.3 Å². The summed E-state index contributed by atoms with van der Waals surface area (Å²) in [5.74, 6) is -0.105. The zero-order chi connectivity index (χ0) is 24.7. The number of anilines is 2. The molecule has 0 aliphatic carbocycles. The Bertz CT molecular complexity index is 1150. The van der Waals surface area contributed by atoms with Gasteiger partial charge in [-0.1, -0.05) is 32.9 Å². The summed E-state index contributed by atoms with van der Waals surface area (Å²) in [6.07, 6.45) is 0. The van der Waals surface area contributed by atoms with E-state index in [9.17, 15) is 14.4 Å². The zero-order valence-corrected chi connectivity index (χ0v) is 20.4. The van der Waals surface area contributed by atoms with Crippen molar-refractivity contribution in [2.75, 3.05) is 23.8 Å². The number of aromatic nitrogens is 1. The van der Waals surface area contributed by atoms with Crippen LogP contribution < -0.4 is 20.7 Å². The van der Waals surface area contributed by atoms with Gasteiger partial charge in [-0.3, -0.25) is 14.4 Å². The Kier molecular flexibility index (Phi) is 8.01. The number of hydrogen-bond donors (Lipinski definition) is 3. The second-order valence-electron chi connectivity index (χ2n) is 8.51. The molecular formula is C25H28N4O4S. The molecule has 0 saturated heterocycles. The molecule has 34 heavy (non-hydrogen) atoms. The largest absolute Gasteiger partial charge is 0.494 e. The van der Waals surface area contributed by atoms with Gasteiger partial charge in [0.1, 0.15) is 5.75 Å². The van der Waals surface area contributed by atoms with E-state index in [4.69, 9.17) is 4.74 Å². The van der Waals surface area contributed by atoms with Gasteiger partial charge in [-0.2, -0.15) is 0 Å². The van der Waals surface area contributed by atoms with Gasteiger partial charge in [-0.15, -0.1) is 11.3 Å². The van der Waals surface area contributed by atoms with E-state index < -0.39 is 5.41 Å². The molecule has 0 aliphatic rings. The Labute approximate surface area is 202 Å². The molecule has 0 spiro atoms. The highest BCUT2D eigenvalue weighted by molar-refractivity contribution is 7.14. The third kappa shape index (κ3) is 6.89. The van der Waals surface area contributed by atoms with Gasteiger partial charge < -0.3 is 20.7 Å². The fourth-order valence-corrected chi connectivity index (χ4v) is 3.54. The van der Waals surface area contributed by atoms with E-state index in [0.29, 0.717) is 34.4 Å². The van der Waals surface area contributed by atoms with Crippen LogP contribution in [0, 0.1) is 5.41 Å². The van der Waals surface area contributed by atoms with Crippen molar-refractivity contribution in [3.63, 3.8) is 0 Å². The maximum atomic E-state index is 12.2. The lowest BCUT2D eigenvalue weighted by Crippen LogP contribution is -2.32. The highest BCUT2D eigenvalue weighted by Gasteiger charge is 2.21. The number of ether oxygens (including phenoxy) is 1. The standard InChI is InChI=1S/C25H28N4O4S/c1-5-33-19-12-8-17(9-13-19)22(31)26-14-21(30)29-24-28-20(15-34-24)16-6-10-18(11-7-16)27-23(32)25(2,3)4/h6-13,15H,5,14H2,1-4H3,(H,26,31)(H,27,32)(H,28,29,30). The minimum absolute atomic E-state index is 0.0616. The first-order chi connectivity index (χ1) is 16.2. The van der Waals surface area contributed by atoms with Gasteiger partial charge in [0.15, 0.2) is 5.13 Å². The number of thiazole rings is 1.